The zero-order chi connectivity index (χ0) is 22.1. The highest BCUT2D eigenvalue weighted by Gasteiger charge is 2.56. The zero-order valence-corrected chi connectivity index (χ0v) is 18.6. The molecule has 5 rings (SSSR count). The van der Waals surface area contributed by atoms with Crippen molar-refractivity contribution < 1.29 is 28.5 Å². The van der Waals surface area contributed by atoms with Gasteiger partial charge in [0.2, 0.25) is 0 Å². The lowest BCUT2D eigenvalue weighted by molar-refractivity contribution is -0.224. The van der Waals surface area contributed by atoms with E-state index < -0.39 is 30.4 Å². The normalized spacial score (nSPS) is 30.1. The molecule has 170 valence electrons. The minimum absolute atomic E-state index is 0.196. The molecule has 2 heterocycles. The molecule has 2 aromatic rings. The lowest BCUT2D eigenvalue weighted by atomic mass is 9.98. The minimum Gasteiger partial charge on any atom is -0.456 e. The van der Waals surface area contributed by atoms with E-state index in [4.69, 9.17) is 23.7 Å². The Kier molecular flexibility index (Phi) is 6.03. The average molecular weight is 439 g/mol. The fourth-order valence-corrected chi connectivity index (χ4v) is 4.95. The zero-order valence-electron chi connectivity index (χ0n) is 18.6. The molecule has 0 aromatic heterocycles. The number of benzene rings is 2. The highest BCUT2D eigenvalue weighted by atomic mass is 16.8. The number of fused-ring (bicyclic) bond motifs is 2. The fourth-order valence-electron chi connectivity index (χ4n) is 4.95. The van der Waals surface area contributed by atoms with Crippen molar-refractivity contribution in [2.24, 2.45) is 0 Å². The largest absolute Gasteiger partial charge is 0.456 e. The Hall–Kier alpha value is -2.25. The maximum Gasteiger partial charge on any atom is 0.306 e. The van der Waals surface area contributed by atoms with Crippen LogP contribution in [0, 0.1) is 0 Å². The van der Waals surface area contributed by atoms with Crippen LogP contribution in [-0.4, -0.2) is 43.0 Å². The van der Waals surface area contributed by atoms with Gasteiger partial charge in [0.25, 0.3) is 0 Å². The molecular weight excluding hydrogens is 408 g/mol. The van der Waals surface area contributed by atoms with E-state index in [0.29, 0.717) is 19.6 Å². The highest BCUT2D eigenvalue weighted by Crippen LogP contribution is 2.40. The molecule has 6 heteroatoms. The molecule has 0 unspecified atom stereocenters. The first-order valence-corrected chi connectivity index (χ1v) is 11.4. The molecule has 2 saturated heterocycles. The molecule has 0 spiro atoms. The van der Waals surface area contributed by atoms with Gasteiger partial charge in [-0.15, -0.1) is 0 Å². The van der Waals surface area contributed by atoms with Crippen LogP contribution in [0.5, 0.6) is 0 Å². The molecule has 2 aliphatic heterocycles. The molecule has 32 heavy (non-hydrogen) atoms. The van der Waals surface area contributed by atoms with Crippen molar-refractivity contribution in [3.63, 3.8) is 0 Å². The predicted molar refractivity (Wildman–Crippen MR) is 117 cm³/mol. The van der Waals surface area contributed by atoms with Crippen LogP contribution >= 0.6 is 0 Å². The first-order chi connectivity index (χ1) is 15.5. The molecule has 0 bridgehead atoms. The van der Waals surface area contributed by atoms with E-state index >= 15 is 0 Å². The van der Waals surface area contributed by atoms with Gasteiger partial charge in [-0.25, -0.2) is 0 Å². The molecule has 2 aromatic carbocycles. The van der Waals surface area contributed by atoms with Gasteiger partial charge in [0, 0.05) is 0 Å². The van der Waals surface area contributed by atoms with Crippen LogP contribution in [0.1, 0.15) is 49.3 Å². The van der Waals surface area contributed by atoms with Gasteiger partial charge in [-0.1, -0.05) is 54.6 Å². The molecule has 0 saturated carbocycles. The minimum atomic E-state index is -0.778. The summed E-state index contributed by atoms with van der Waals surface area (Å²) in [4.78, 5) is 12.9. The molecule has 6 nitrogen and oxygen atoms in total. The van der Waals surface area contributed by atoms with Crippen molar-refractivity contribution in [3.8, 4) is 0 Å². The number of aryl methyl sites for hydroxylation is 1. The molecule has 2 fully saturated rings. The monoisotopic (exact) mass is 438 g/mol. The van der Waals surface area contributed by atoms with Crippen molar-refractivity contribution in [2.75, 3.05) is 6.61 Å². The Bertz CT molecular complexity index is 942. The molecule has 1 aliphatic carbocycles. The van der Waals surface area contributed by atoms with Crippen LogP contribution in [0.25, 0.3) is 0 Å². The van der Waals surface area contributed by atoms with Gasteiger partial charge < -0.3 is 23.7 Å². The summed E-state index contributed by atoms with van der Waals surface area (Å²) < 4.78 is 29.8. The number of carbonyl (C=O) groups is 1. The van der Waals surface area contributed by atoms with Crippen LogP contribution in [0.3, 0.4) is 0 Å². The van der Waals surface area contributed by atoms with E-state index in [1.165, 1.54) is 11.1 Å². The standard InChI is InChI=1S/C26H30O6/c1-26(2)31-24-23(30-22(27)14-19-13-12-18-10-6-7-11-20(18)19)21(29-25(24)32-26)16-28-15-17-8-4-3-5-9-17/h3-11,19,21,23-25H,12-16H2,1-2H3/t19-,21+,23-,24+,25+/m0/s1. The lowest BCUT2D eigenvalue weighted by Gasteiger charge is -2.26. The summed E-state index contributed by atoms with van der Waals surface area (Å²) in [6, 6.07) is 18.3. The summed E-state index contributed by atoms with van der Waals surface area (Å²) in [6.45, 7) is 4.43. The Morgan fingerprint density at radius 2 is 1.84 bits per heavy atom. The quantitative estimate of drug-likeness (QED) is 0.607. The van der Waals surface area contributed by atoms with Gasteiger partial charge in [0.05, 0.1) is 19.6 Å². The number of ether oxygens (including phenoxy) is 5. The van der Waals surface area contributed by atoms with Crippen LogP contribution < -0.4 is 0 Å². The maximum absolute atomic E-state index is 12.9. The smallest absolute Gasteiger partial charge is 0.306 e. The Morgan fingerprint density at radius 3 is 2.69 bits per heavy atom. The number of rotatable bonds is 7. The number of hydrogen-bond acceptors (Lipinski definition) is 6. The van der Waals surface area contributed by atoms with Gasteiger partial charge in [-0.2, -0.15) is 0 Å². The van der Waals surface area contributed by atoms with Crippen LogP contribution in [-0.2, 0) is 41.5 Å². The Morgan fingerprint density at radius 1 is 1.06 bits per heavy atom. The van der Waals surface area contributed by atoms with E-state index in [1.54, 1.807) is 0 Å². The summed E-state index contributed by atoms with van der Waals surface area (Å²) in [5.74, 6) is -0.815. The third-order valence-corrected chi connectivity index (χ3v) is 6.42. The van der Waals surface area contributed by atoms with E-state index in [2.05, 4.69) is 18.2 Å². The number of hydrogen-bond donors (Lipinski definition) is 0. The second kappa shape index (κ2) is 8.94. The summed E-state index contributed by atoms with van der Waals surface area (Å²) in [6.07, 6.45) is 0.290. The predicted octanol–water partition coefficient (Wildman–Crippen LogP) is 4.11. The Balaban J connectivity index is 1.22. The van der Waals surface area contributed by atoms with Crippen molar-refractivity contribution in [2.45, 2.75) is 76.0 Å². The van der Waals surface area contributed by atoms with E-state index in [1.807, 2.05) is 50.2 Å². The first-order valence-electron chi connectivity index (χ1n) is 11.4. The second-order valence-corrected chi connectivity index (χ2v) is 9.24. The van der Waals surface area contributed by atoms with Crippen LogP contribution in [0.15, 0.2) is 54.6 Å². The summed E-state index contributed by atoms with van der Waals surface area (Å²) in [7, 11) is 0. The third kappa shape index (κ3) is 4.59. The second-order valence-electron chi connectivity index (χ2n) is 9.24. The Labute approximate surface area is 188 Å². The summed E-state index contributed by atoms with van der Waals surface area (Å²) >= 11 is 0. The van der Waals surface area contributed by atoms with Crippen molar-refractivity contribution >= 4 is 5.97 Å². The topological polar surface area (TPSA) is 63.2 Å². The molecule has 0 N–H and O–H groups in total. The van der Waals surface area contributed by atoms with Gasteiger partial charge in [0.15, 0.2) is 24.3 Å². The lowest BCUT2D eigenvalue weighted by Crippen LogP contribution is -2.40. The van der Waals surface area contributed by atoms with Crippen molar-refractivity contribution in [1.29, 1.82) is 0 Å². The van der Waals surface area contributed by atoms with Crippen LogP contribution in [0.2, 0.25) is 0 Å². The maximum atomic E-state index is 12.9. The van der Waals surface area contributed by atoms with E-state index in [0.717, 1.165) is 18.4 Å². The molecule has 3 aliphatic rings. The summed E-state index contributed by atoms with van der Waals surface area (Å²) in [5, 5.41) is 0. The first kappa shape index (κ1) is 21.6. The van der Waals surface area contributed by atoms with Gasteiger partial charge in [-0.05, 0) is 49.3 Å². The van der Waals surface area contributed by atoms with Gasteiger partial charge in [-0.3, -0.25) is 4.79 Å². The van der Waals surface area contributed by atoms with Crippen molar-refractivity contribution in [3.05, 3.63) is 71.3 Å². The van der Waals surface area contributed by atoms with Gasteiger partial charge in [0.1, 0.15) is 6.10 Å². The van der Waals surface area contributed by atoms with Crippen molar-refractivity contribution in [1.82, 2.24) is 0 Å². The summed E-state index contributed by atoms with van der Waals surface area (Å²) in [5.41, 5.74) is 3.66. The number of esters is 1. The highest BCUT2D eigenvalue weighted by molar-refractivity contribution is 5.71. The van der Waals surface area contributed by atoms with E-state index in [-0.39, 0.29) is 11.9 Å². The molecule has 5 atom stereocenters. The fraction of sp³-hybridized carbons (Fsp3) is 0.500. The van der Waals surface area contributed by atoms with Crippen LogP contribution in [0.4, 0.5) is 0 Å². The molecular formula is C26H30O6. The SMILES string of the molecule is CC1(C)O[C@H]2O[C@H](COCc3ccccc3)[C@H](OC(=O)C[C@@H]3CCc4ccccc43)[C@H]2O1. The molecule has 0 amide bonds. The van der Waals surface area contributed by atoms with Gasteiger partial charge >= 0.3 is 5.97 Å². The number of carbonyl (C=O) groups excluding carboxylic acids is 1. The average Bonchev–Trinajstić information content (AvgIpc) is 3.40. The molecule has 0 radical (unpaired) electrons. The van der Waals surface area contributed by atoms with E-state index in [9.17, 15) is 4.79 Å². The third-order valence-electron chi connectivity index (χ3n) is 6.42.